The number of anilines is 2. The Hall–Kier alpha value is -1.33. The van der Waals surface area contributed by atoms with Crippen LogP contribution in [0, 0.1) is 0 Å². The average molecular weight is 239 g/mol. The Morgan fingerprint density at radius 3 is 2.50 bits per heavy atom. The zero-order valence-electron chi connectivity index (χ0n) is 9.31. The molecule has 0 spiro atoms. The maximum atomic E-state index is 8.91. The summed E-state index contributed by atoms with van der Waals surface area (Å²) in [6.45, 7) is 3.71. The van der Waals surface area contributed by atoms with Gasteiger partial charge in [-0.15, -0.1) is 0 Å². The summed E-state index contributed by atoms with van der Waals surface area (Å²) in [5.74, 6) is 0. The van der Waals surface area contributed by atoms with Crippen LogP contribution in [0.25, 0.3) is 0 Å². The van der Waals surface area contributed by atoms with E-state index in [9.17, 15) is 0 Å². The van der Waals surface area contributed by atoms with Crippen molar-refractivity contribution in [3.63, 3.8) is 0 Å². The molecule has 1 aromatic carbocycles. The van der Waals surface area contributed by atoms with Gasteiger partial charge in [-0.2, -0.15) is 0 Å². The van der Waals surface area contributed by atoms with Crippen molar-refractivity contribution in [2.45, 2.75) is 6.92 Å². The van der Waals surface area contributed by atoms with Gasteiger partial charge in [-0.25, -0.2) is 0 Å². The first-order valence-electron chi connectivity index (χ1n) is 5.19. The van der Waals surface area contributed by atoms with E-state index in [0.29, 0.717) is 6.54 Å². The Bertz CT molecular complexity index is 340. The van der Waals surface area contributed by atoms with Gasteiger partial charge in [-0.3, -0.25) is 0 Å². The fourth-order valence-corrected chi connectivity index (χ4v) is 1.61. The average Bonchev–Trinajstić information content (AvgIpc) is 2.26. The Morgan fingerprint density at radius 2 is 2.06 bits per heavy atom. The third kappa shape index (κ3) is 3.67. The number of hydrogen-bond acceptors (Lipinski definition) is 3. The quantitative estimate of drug-likeness (QED) is 0.673. The smallest absolute Gasteiger partial charge is 0.168 e. The van der Waals surface area contributed by atoms with Crippen LogP contribution in [0.4, 0.5) is 11.4 Å². The van der Waals surface area contributed by atoms with Crippen LogP contribution >= 0.6 is 12.2 Å². The van der Waals surface area contributed by atoms with Crippen LogP contribution in [-0.2, 0) is 0 Å². The van der Waals surface area contributed by atoms with E-state index >= 15 is 0 Å². The van der Waals surface area contributed by atoms with Gasteiger partial charge in [0.1, 0.15) is 0 Å². The molecule has 0 bridgehead atoms. The third-order valence-corrected chi connectivity index (χ3v) is 2.35. The van der Waals surface area contributed by atoms with E-state index in [4.69, 9.17) is 23.1 Å². The van der Waals surface area contributed by atoms with Crippen LogP contribution in [0.15, 0.2) is 24.3 Å². The van der Waals surface area contributed by atoms with E-state index in [1.807, 2.05) is 24.3 Å². The molecule has 1 aromatic rings. The minimum atomic E-state index is 0.153. The lowest BCUT2D eigenvalue weighted by Gasteiger charge is -2.22. The van der Waals surface area contributed by atoms with Crippen molar-refractivity contribution in [3.05, 3.63) is 24.3 Å². The second kappa shape index (κ2) is 6.30. The van der Waals surface area contributed by atoms with Crippen LogP contribution < -0.4 is 16.0 Å². The minimum absolute atomic E-state index is 0.153. The molecule has 0 aliphatic heterocycles. The number of benzene rings is 1. The van der Waals surface area contributed by atoms with Gasteiger partial charge >= 0.3 is 0 Å². The zero-order chi connectivity index (χ0) is 12.0. The molecule has 16 heavy (non-hydrogen) atoms. The van der Waals surface area contributed by atoms with Gasteiger partial charge in [0.2, 0.25) is 0 Å². The molecule has 0 radical (unpaired) electrons. The van der Waals surface area contributed by atoms with Gasteiger partial charge in [-0.05, 0) is 43.4 Å². The maximum absolute atomic E-state index is 8.91. The molecule has 0 amide bonds. The number of rotatable bonds is 5. The van der Waals surface area contributed by atoms with Gasteiger partial charge in [0.25, 0.3) is 0 Å². The molecule has 0 fully saturated rings. The lowest BCUT2D eigenvalue weighted by atomic mass is 10.2. The zero-order valence-corrected chi connectivity index (χ0v) is 10.1. The summed E-state index contributed by atoms with van der Waals surface area (Å²) >= 11 is 4.75. The first kappa shape index (κ1) is 12.7. The second-order valence-corrected chi connectivity index (χ2v) is 3.78. The normalized spacial score (nSPS) is 9.88. The summed E-state index contributed by atoms with van der Waals surface area (Å²) in [7, 11) is 0. The maximum Gasteiger partial charge on any atom is 0.168 e. The minimum Gasteiger partial charge on any atom is -0.395 e. The fourth-order valence-electron chi connectivity index (χ4n) is 1.49. The molecule has 4 nitrogen and oxygen atoms in total. The number of nitrogens with two attached hydrogens (primary N) is 1. The molecule has 88 valence electrons. The number of likely N-dealkylation sites (N-methyl/N-ethyl adjacent to an activating group) is 1. The van der Waals surface area contributed by atoms with Crippen LogP contribution in [-0.4, -0.2) is 29.9 Å². The lowest BCUT2D eigenvalue weighted by Crippen LogP contribution is -2.26. The number of nitrogens with zero attached hydrogens (tertiary/aromatic N) is 1. The molecule has 0 heterocycles. The first-order chi connectivity index (χ1) is 7.67. The van der Waals surface area contributed by atoms with Crippen molar-refractivity contribution in [2.75, 3.05) is 29.9 Å². The number of nitrogens with one attached hydrogen (secondary N) is 1. The van der Waals surface area contributed by atoms with Crippen LogP contribution in [0.5, 0.6) is 0 Å². The standard InChI is InChI=1S/C11H17N3OS/c1-2-14(7-8-15)10-5-3-9(4-6-10)13-11(12)16/h3-6,15H,2,7-8H2,1H3,(H3,12,13,16). The molecule has 0 aliphatic carbocycles. The molecule has 0 aromatic heterocycles. The van der Waals surface area contributed by atoms with E-state index in [1.165, 1.54) is 0 Å². The number of aliphatic hydroxyl groups excluding tert-OH is 1. The van der Waals surface area contributed by atoms with Crippen LogP contribution in [0.3, 0.4) is 0 Å². The van der Waals surface area contributed by atoms with Gasteiger partial charge in [0.15, 0.2) is 5.11 Å². The highest BCUT2D eigenvalue weighted by Crippen LogP contribution is 2.17. The molecule has 0 aliphatic rings. The molecule has 4 N–H and O–H groups in total. The van der Waals surface area contributed by atoms with Crippen molar-refractivity contribution in [3.8, 4) is 0 Å². The molecule has 1 rings (SSSR count). The highest BCUT2D eigenvalue weighted by Gasteiger charge is 2.02. The summed E-state index contributed by atoms with van der Waals surface area (Å²) in [6, 6.07) is 7.77. The van der Waals surface area contributed by atoms with Crippen LogP contribution in [0.2, 0.25) is 0 Å². The summed E-state index contributed by atoms with van der Waals surface area (Å²) < 4.78 is 0. The molecule has 0 saturated carbocycles. The first-order valence-corrected chi connectivity index (χ1v) is 5.60. The van der Waals surface area contributed by atoms with E-state index in [-0.39, 0.29) is 11.7 Å². The summed E-state index contributed by atoms with van der Waals surface area (Å²) in [6.07, 6.45) is 0. The second-order valence-electron chi connectivity index (χ2n) is 3.34. The van der Waals surface area contributed by atoms with E-state index in [1.54, 1.807) is 0 Å². The fraction of sp³-hybridized carbons (Fsp3) is 0.364. The topological polar surface area (TPSA) is 61.5 Å². The largest absolute Gasteiger partial charge is 0.395 e. The van der Waals surface area contributed by atoms with E-state index in [0.717, 1.165) is 17.9 Å². The van der Waals surface area contributed by atoms with Gasteiger partial charge in [0.05, 0.1) is 6.61 Å². The Balaban J connectivity index is 2.72. The van der Waals surface area contributed by atoms with Crippen molar-refractivity contribution < 1.29 is 5.11 Å². The highest BCUT2D eigenvalue weighted by molar-refractivity contribution is 7.80. The van der Waals surface area contributed by atoms with Gasteiger partial charge in [0, 0.05) is 24.5 Å². The predicted molar refractivity (Wildman–Crippen MR) is 71.8 cm³/mol. The molecule has 5 heteroatoms. The summed E-state index contributed by atoms with van der Waals surface area (Å²) in [5.41, 5.74) is 7.32. The van der Waals surface area contributed by atoms with Gasteiger partial charge < -0.3 is 21.1 Å². The number of hydrogen-bond donors (Lipinski definition) is 3. The molecular weight excluding hydrogens is 222 g/mol. The molecular formula is C11H17N3OS. The van der Waals surface area contributed by atoms with Crippen LogP contribution in [0.1, 0.15) is 6.92 Å². The van der Waals surface area contributed by atoms with E-state index < -0.39 is 0 Å². The summed E-state index contributed by atoms with van der Waals surface area (Å²) in [4.78, 5) is 2.09. The summed E-state index contributed by atoms with van der Waals surface area (Å²) in [5, 5.41) is 12.0. The highest BCUT2D eigenvalue weighted by atomic mass is 32.1. The Morgan fingerprint density at radius 1 is 1.44 bits per heavy atom. The van der Waals surface area contributed by atoms with Gasteiger partial charge in [-0.1, -0.05) is 0 Å². The monoisotopic (exact) mass is 239 g/mol. The van der Waals surface area contributed by atoms with E-state index in [2.05, 4.69) is 17.1 Å². The Kier molecular flexibility index (Phi) is 5.01. The molecule has 0 atom stereocenters. The lowest BCUT2D eigenvalue weighted by molar-refractivity contribution is 0.302. The van der Waals surface area contributed by atoms with Crippen molar-refractivity contribution in [2.24, 2.45) is 5.73 Å². The number of thiocarbonyl (C=S) groups is 1. The van der Waals surface area contributed by atoms with Crippen molar-refractivity contribution in [1.82, 2.24) is 0 Å². The van der Waals surface area contributed by atoms with Crippen molar-refractivity contribution >= 4 is 28.7 Å². The predicted octanol–water partition coefficient (Wildman–Crippen LogP) is 1.16. The number of aliphatic hydroxyl groups is 1. The molecule has 0 saturated heterocycles. The SMILES string of the molecule is CCN(CCO)c1ccc(NC(N)=S)cc1. The third-order valence-electron chi connectivity index (χ3n) is 2.25. The Labute approximate surface area is 101 Å². The molecule has 0 unspecified atom stereocenters. The van der Waals surface area contributed by atoms with Crippen molar-refractivity contribution in [1.29, 1.82) is 0 Å².